The molecule has 14 heteroatoms. The molecule has 42 heavy (non-hydrogen) atoms. The van der Waals surface area contributed by atoms with Crippen LogP contribution >= 0.6 is 0 Å². The van der Waals surface area contributed by atoms with Crippen molar-refractivity contribution in [2.45, 2.75) is 4.90 Å². The first kappa shape index (κ1) is 27.8. The number of carboxylic acids is 2. The maximum Gasteiger partial charge on any atom is 0.337 e. The first-order chi connectivity index (χ1) is 19.9. The fourth-order valence-electron chi connectivity index (χ4n) is 4.23. The zero-order valence-electron chi connectivity index (χ0n) is 21.2. The predicted octanol–water partition coefficient (Wildman–Crippen LogP) is 6.75. The zero-order chi connectivity index (χ0) is 30.2. The van der Waals surface area contributed by atoms with E-state index in [1.165, 1.54) is 30.3 Å². The van der Waals surface area contributed by atoms with E-state index in [4.69, 9.17) is 5.73 Å². The molecular weight excluding hydrogens is 566 g/mol. The lowest BCUT2D eigenvalue weighted by Crippen LogP contribution is -2.00. The van der Waals surface area contributed by atoms with Gasteiger partial charge >= 0.3 is 11.9 Å². The second-order valence-corrected chi connectivity index (χ2v) is 10.3. The van der Waals surface area contributed by atoms with Crippen LogP contribution in [0.5, 0.6) is 5.75 Å². The van der Waals surface area contributed by atoms with Crippen LogP contribution in [-0.2, 0) is 10.1 Å². The topological polar surface area (TPSA) is 225 Å². The average molecular weight is 586 g/mol. The van der Waals surface area contributed by atoms with Gasteiger partial charge in [0.05, 0.1) is 22.5 Å². The Labute approximate surface area is 236 Å². The maximum atomic E-state index is 12.1. The Morgan fingerprint density at radius 3 is 1.90 bits per heavy atom. The number of nitrogen functional groups attached to an aromatic ring is 1. The van der Waals surface area contributed by atoms with Gasteiger partial charge in [-0.3, -0.25) is 4.55 Å². The molecule has 5 aromatic carbocycles. The van der Waals surface area contributed by atoms with E-state index in [1.807, 2.05) is 0 Å². The first-order valence-corrected chi connectivity index (χ1v) is 13.4. The third kappa shape index (κ3) is 5.34. The molecule has 0 amide bonds. The number of azo groups is 2. The lowest BCUT2D eigenvalue weighted by Gasteiger charge is -2.10. The summed E-state index contributed by atoms with van der Waals surface area (Å²) < 4.78 is 34.1. The maximum absolute atomic E-state index is 12.1. The summed E-state index contributed by atoms with van der Waals surface area (Å²) >= 11 is 0. The number of nitrogens with zero attached hydrogens (tertiary/aromatic N) is 4. The third-order valence-electron chi connectivity index (χ3n) is 6.23. The lowest BCUT2D eigenvalue weighted by atomic mass is 10.1. The summed E-state index contributed by atoms with van der Waals surface area (Å²) in [4.78, 5) is 22.3. The number of benzene rings is 5. The predicted molar refractivity (Wildman–Crippen MR) is 153 cm³/mol. The number of aromatic hydroxyl groups is 1. The number of nitrogens with two attached hydrogens (primary N) is 1. The van der Waals surface area contributed by atoms with Crippen LogP contribution in [0, 0.1) is 0 Å². The van der Waals surface area contributed by atoms with Crippen molar-refractivity contribution in [1.29, 1.82) is 0 Å². The van der Waals surface area contributed by atoms with Crippen LogP contribution in [0.3, 0.4) is 0 Å². The number of phenolic OH excluding ortho intramolecular Hbond substituents is 1. The smallest absolute Gasteiger partial charge is 0.337 e. The van der Waals surface area contributed by atoms with Crippen LogP contribution < -0.4 is 5.73 Å². The molecule has 0 aliphatic carbocycles. The van der Waals surface area contributed by atoms with E-state index in [0.29, 0.717) is 21.8 Å². The molecule has 0 spiro atoms. The van der Waals surface area contributed by atoms with Gasteiger partial charge in [0.25, 0.3) is 10.1 Å². The monoisotopic (exact) mass is 585 g/mol. The Morgan fingerprint density at radius 2 is 1.31 bits per heavy atom. The van der Waals surface area contributed by atoms with Gasteiger partial charge in [0, 0.05) is 21.8 Å². The largest absolute Gasteiger partial charge is 0.505 e. The zero-order valence-corrected chi connectivity index (χ0v) is 22.0. The number of carboxylic acid groups (broad SMARTS) is 2. The van der Waals surface area contributed by atoms with Crippen LogP contribution in [0.25, 0.3) is 21.5 Å². The van der Waals surface area contributed by atoms with Crippen molar-refractivity contribution in [3.63, 3.8) is 0 Å². The van der Waals surface area contributed by atoms with E-state index in [0.717, 1.165) is 24.3 Å². The first-order valence-electron chi connectivity index (χ1n) is 11.9. The van der Waals surface area contributed by atoms with E-state index >= 15 is 0 Å². The Kier molecular flexibility index (Phi) is 7.08. The number of fused-ring (bicyclic) bond motifs is 2. The minimum absolute atomic E-state index is 0.166. The molecular formula is C28H19N5O8S. The quantitative estimate of drug-likeness (QED) is 0.0771. The molecule has 5 aromatic rings. The number of carbonyl (C=O) groups is 2. The van der Waals surface area contributed by atoms with Crippen LogP contribution in [0.2, 0.25) is 0 Å². The van der Waals surface area contributed by atoms with Crippen molar-refractivity contribution >= 4 is 72.0 Å². The van der Waals surface area contributed by atoms with Gasteiger partial charge in [-0.25, -0.2) is 9.59 Å². The highest BCUT2D eigenvalue weighted by molar-refractivity contribution is 7.86. The van der Waals surface area contributed by atoms with Crippen molar-refractivity contribution in [3.8, 4) is 5.75 Å². The van der Waals surface area contributed by atoms with Crippen LogP contribution in [0.1, 0.15) is 20.7 Å². The summed E-state index contributed by atoms with van der Waals surface area (Å²) in [6.07, 6.45) is 0. The van der Waals surface area contributed by atoms with Gasteiger partial charge in [-0.2, -0.15) is 8.42 Å². The summed E-state index contributed by atoms with van der Waals surface area (Å²) in [6.45, 7) is 0. The highest BCUT2D eigenvalue weighted by Crippen LogP contribution is 2.43. The fraction of sp³-hybridized carbons (Fsp3) is 0. The van der Waals surface area contributed by atoms with Crippen molar-refractivity contribution in [3.05, 3.63) is 90.0 Å². The number of anilines is 1. The van der Waals surface area contributed by atoms with Crippen LogP contribution in [0.4, 0.5) is 28.4 Å². The van der Waals surface area contributed by atoms with Crippen LogP contribution in [0.15, 0.2) is 104 Å². The van der Waals surface area contributed by atoms with E-state index in [1.54, 1.807) is 24.3 Å². The molecule has 13 nitrogen and oxygen atoms in total. The third-order valence-corrected chi connectivity index (χ3v) is 7.10. The molecule has 0 aromatic heterocycles. The lowest BCUT2D eigenvalue weighted by molar-refractivity contribution is 0.0682. The summed E-state index contributed by atoms with van der Waals surface area (Å²) in [5.74, 6) is -3.13. The molecule has 210 valence electrons. The summed E-state index contributed by atoms with van der Waals surface area (Å²) in [5.41, 5.74) is 5.55. The second kappa shape index (κ2) is 10.7. The second-order valence-electron chi connectivity index (χ2n) is 8.92. The summed E-state index contributed by atoms with van der Waals surface area (Å²) in [7, 11) is -4.81. The Balaban J connectivity index is 1.61. The van der Waals surface area contributed by atoms with Crippen molar-refractivity contribution in [2.75, 3.05) is 5.73 Å². The number of aromatic carboxylic acids is 2. The standard InChI is InChI=1S/C28H19N5O8S/c29-16-7-5-14-12-24(42(39,40)41)25(26(34)20(14)13-16)33-31-22-10-9-21(17-3-1-2-4-18(17)22)30-32-23-11-15(27(35)36)6-8-19(23)28(37)38/h1-13,34H,29H2,(H,35,36)(H,37,38)(H,39,40,41)/b32-30+,33-31+. The molecule has 0 saturated carbocycles. The molecule has 0 radical (unpaired) electrons. The summed E-state index contributed by atoms with van der Waals surface area (Å²) in [6, 6.07) is 18.6. The molecule has 6 N–H and O–H groups in total. The molecule has 5 rings (SSSR count). The Hall–Kier alpha value is -5.73. The minimum Gasteiger partial charge on any atom is -0.505 e. The van der Waals surface area contributed by atoms with Gasteiger partial charge in [0.2, 0.25) is 0 Å². The number of hydrogen-bond acceptors (Lipinski definition) is 10. The van der Waals surface area contributed by atoms with E-state index < -0.39 is 38.4 Å². The van der Waals surface area contributed by atoms with Crippen molar-refractivity contribution < 1.29 is 37.9 Å². The molecule has 0 heterocycles. The SMILES string of the molecule is Nc1ccc2cc(S(=O)(=O)O)c(/N=N/c3ccc(/N=N/c4cc(C(=O)O)ccc4C(=O)O)c4ccccc34)c(O)c2c1. The highest BCUT2D eigenvalue weighted by atomic mass is 32.2. The fourth-order valence-corrected chi connectivity index (χ4v) is 4.89. The minimum atomic E-state index is -4.81. The van der Waals surface area contributed by atoms with Crippen molar-refractivity contribution in [1.82, 2.24) is 0 Å². The molecule has 0 fully saturated rings. The normalized spacial score (nSPS) is 12.0. The Bertz CT molecular complexity index is 2110. The average Bonchev–Trinajstić information content (AvgIpc) is 2.95. The molecule has 0 atom stereocenters. The van der Waals surface area contributed by atoms with Gasteiger partial charge < -0.3 is 21.1 Å². The van der Waals surface area contributed by atoms with E-state index in [9.17, 15) is 37.9 Å². The number of phenols is 1. The summed E-state index contributed by atoms with van der Waals surface area (Å²) in [5, 5.41) is 47.3. The number of rotatable bonds is 7. The molecule has 0 bridgehead atoms. The molecule has 0 saturated heterocycles. The Morgan fingerprint density at radius 1 is 0.690 bits per heavy atom. The molecule has 0 unspecified atom stereocenters. The van der Waals surface area contributed by atoms with Crippen molar-refractivity contribution in [2.24, 2.45) is 20.5 Å². The molecule has 0 aliphatic heterocycles. The van der Waals surface area contributed by atoms with Gasteiger partial charge in [-0.15, -0.1) is 20.5 Å². The van der Waals surface area contributed by atoms with Gasteiger partial charge in [0.1, 0.15) is 16.3 Å². The van der Waals surface area contributed by atoms with Gasteiger partial charge in [-0.05, 0) is 53.9 Å². The van der Waals surface area contributed by atoms with Gasteiger partial charge in [0.15, 0.2) is 5.75 Å². The van der Waals surface area contributed by atoms with Crippen LogP contribution in [-0.4, -0.2) is 40.2 Å². The van der Waals surface area contributed by atoms with Gasteiger partial charge in [-0.1, -0.05) is 30.3 Å². The van der Waals surface area contributed by atoms with E-state index in [-0.39, 0.29) is 33.6 Å². The molecule has 0 aliphatic rings. The highest BCUT2D eigenvalue weighted by Gasteiger charge is 2.22. The number of hydrogen-bond donors (Lipinski definition) is 5. The van der Waals surface area contributed by atoms with E-state index in [2.05, 4.69) is 20.5 Å².